The Morgan fingerprint density at radius 1 is 1.44 bits per heavy atom. The summed E-state index contributed by atoms with van der Waals surface area (Å²) in [7, 11) is 1.72. The highest BCUT2D eigenvalue weighted by atomic mass is 16.5. The zero-order valence-corrected chi connectivity index (χ0v) is 10.6. The second-order valence-electron chi connectivity index (χ2n) is 4.61. The van der Waals surface area contributed by atoms with E-state index in [2.05, 4.69) is 4.90 Å². The summed E-state index contributed by atoms with van der Waals surface area (Å²) in [6, 6.07) is 7.64. The smallest absolute Gasteiger partial charge is 0.335 e. The molecule has 1 aliphatic heterocycles. The van der Waals surface area contributed by atoms with Crippen LogP contribution in [0.5, 0.6) is 0 Å². The van der Waals surface area contributed by atoms with E-state index in [4.69, 9.17) is 9.84 Å². The number of benzene rings is 1. The zero-order valence-electron chi connectivity index (χ0n) is 10.6. The Bertz CT molecular complexity index is 402. The lowest BCUT2D eigenvalue weighted by molar-refractivity contribution is 0.0697. The largest absolute Gasteiger partial charge is 0.478 e. The number of carbonyl (C=O) groups is 1. The van der Waals surface area contributed by atoms with Crippen LogP contribution in [0.1, 0.15) is 34.8 Å². The van der Waals surface area contributed by atoms with Crippen molar-refractivity contribution < 1.29 is 14.6 Å². The number of methoxy groups -OCH3 is 1. The molecule has 1 aromatic carbocycles. The molecule has 1 fully saturated rings. The van der Waals surface area contributed by atoms with Gasteiger partial charge in [0.25, 0.3) is 0 Å². The third-order valence-corrected chi connectivity index (χ3v) is 3.49. The van der Waals surface area contributed by atoms with Crippen LogP contribution >= 0.6 is 0 Å². The van der Waals surface area contributed by atoms with Gasteiger partial charge in [-0.05, 0) is 37.1 Å². The van der Waals surface area contributed by atoms with Gasteiger partial charge in [-0.1, -0.05) is 12.1 Å². The van der Waals surface area contributed by atoms with Gasteiger partial charge < -0.3 is 9.84 Å². The van der Waals surface area contributed by atoms with Gasteiger partial charge in [0.1, 0.15) is 0 Å². The number of carboxylic acid groups (broad SMARTS) is 1. The predicted molar refractivity (Wildman–Crippen MR) is 68.8 cm³/mol. The normalized spacial score (nSPS) is 20.2. The molecule has 0 aromatic heterocycles. The van der Waals surface area contributed by atoms with E-state index in [0.29, 0.717) is 11.6 Å². The van der Waals surface area contributed by atoms with Crippen molar-refractivity contribution in [1.29, 1.82) is 0 Å². The van der Waals surface area contributed by atoms with Crippen LogP contribution in [0.25, 0.3) is 0 Å². The second kappa shape index (κ2) is 5.98. The van der Waals surface area contributed by atoms with Gasteiger partial charge >= 0.3 is 5.97 Å². The Balaban J connectivity index is 2.07. The zero-order chi connectivity index (χ0) is 13.0. The first-order valence-electron chi connectivity index (χ1n) is 6.28. The monoisotopic (exact) mass is 249 g/mol. The molecule has 4 nitrogen and oxygen atoms in total. The van der Waals surface area contributed by atoms with Crippen molar-refractivity contribution in [3.8, 4) is 0 Å². The molecule has 1 saturated heterocycles. The third-order valence-electron chi connectivity index (χ3n) is 3.49. The number of aromatic carboxylic acids is 1. The Labute approximate surface area is 107 Å². The van der Waals surface area contributed by atoms with Crippen molar-refractivity contribution in [1.82, 2.24) is 4.90 Å². The van der Waals surface area contributed by atoms with E-state index in [1.807, 2.05) is 12.1 Å². The summed E-state index contributed by atoms with van der Waals surface area (Å²) in [5, 5.41) is 8.88. The molecule has 1 unspecified atom stereocenters. The van der Waals surface area contributed by atoms with Crippen molar-refractivity contribution in [2.75, 3.05) is 26.8 Å². The van der Waals surface area contributed by atoms with Crippen LogP contribution in [-0.2, 0) is 4.74 Å². The molecular weight excluding hydrogens is 230 g/mol. The maximum Gasteiger partial charge on any atom is 0.335 e. The molecule has 1 aromatic rings. The van der Waals surface area contributed by atoms with Gasteiger partial charge in [-0.2, -0.15) is 0 Å². The van der Waals surface area contributed by atoms with E-state index < -0.39 is 5.97 Å². The number of hydrogen-bond acceptors (Lipinski definition) is 3. The molecular formula is C14H19NO3. The van der Waals surface area contributed by atoms with Crippen LogP contribution in [0.3, 0.4) is 0 Å². The summed E-state index contributed by atoms with van der Waals surface area (Å²) >= 11 is 0. The summed E-state index contributed by atoms with van der Waals surface area (Å²) in [6.45, 7) is 2.76. The highest BCUT2D eigenvalue weighted by molar-refractivity contribution is 5.87. The quantitative estimate of drug-likeness (QED) is 0.869. The molecule has 18 heavy (non-hydrogen) atoms. The van der Waals surface area contributed by atoms with Crippen LogP contribution in [0.4, 0.5) is 0 Å². The third kappa shape index (κ3) is 2.89. The van der Waals surface area contributed by atoms with Crippen molar-refractivity contribution in [3.05, 3.63) is 35.4 Å². The number of rotatable bonds is 5. The highest BCUT2D eigenvalue weighted by Gasteiger charge is 2.25. The molecule has 0 bridgehead atoms. The summed E-state index contributed by atoms with van der Waals surface area (Å²) < 4.78 is 5.12. The van der Waals surface area contributed by atoms with E-state index >= 15 is 0 Å². The number of ether oxygens (including phenoxy) is 1. The average molecular weight is 249 g/mol. The Morgan fingerprint density at radius 3 is 2.78 bits per heavy atom. The van der Waals surface area contributed by atoms with Gasteiger partial charge in [0.15, 0.2) is 0 Å². The maximum atomic E-state index is 10.8. The summed E-state index contributed by atoms with van der Waals surface area (Å²) in [6.07, 6.45) is 2.32. The molecule has 2 rings (SSSR count). The van der Waals surface area contributed by atoms with Crippen LogP contribution in [0.2, 0.25) is 0 Å². The van der Waals surface area contributed by atoms with Crippen LogP contribution in [-0.4, -0.2) is 42.8 Å². The van der Waals surface area contributed by atoms with E-state index in [1.54, 1.807) is 19.2 Å². The maximum absolute atomic E-state index is 10.8. The molecule has 0 saturated carbocycles. The standard InChI is InChI=1S/C14H19NO3/c1-18-10-9-15-8-2-3-13(15)11-4-6-12(7-5-11)14(16)17/h4-7,13H,2-3,8-10H2,1H3,(H,16,17). The van der Waals surface area contributed by atoms with Gasteiger partial charge in [-0.15, -0.1) is 0 Å². The first kappa shape index (κ1) is 13.1. The Kier molecular flexibility index (Phi) is 4.33. The minimum absolute atomic E-state index is 0.347. The van der Waals surface area contributed by atoms with Crippen LogP contribution in [0.15, 0.2) is 24.3 Å². The molecule has 1 aliphatic rings. The lowest BCUT2D eigenvalue weighted by atomic mass is 10.0. The topological polar surface area (TPSA) is 49.8 Å². The Morgan fingerprint density at radius 2 is 2.17 bits per heavy atom. The average Bonchev–Trinajstić information content (AvgIpc) is 2.84. The van der Waals surface area contributed by atoms with Crippen molar-refractivity contribution in [2.24, 2.45) is 0 Å². The number of carboxylic acids is 1. The fourth-order valence-corrected chi connectivity index (χ4v) is 2.53. The second-order valence-corrected chi connectivity index (χ2v) is 4.61. The van der Waals surface area contributed by atoms with Gasteiger partial charge in [0.05, 0.1) is 12.2 Å². The van der Waals surface area contributed by atoms with Gasteiger partial charge in [0.2, 0.25) is 0 Å². The van der Waals surface area contributed by atoms with E-state index in [0.717, 1.165) is 26.1 Å². The first-order chi connectivity index (χ1) is 8.72. The number of hydrogen-bond donors (Lipinski definition) is 1. The molecule has 1 N–H and O–H groups in total. The molecule has 0 aliphatic carbocycles. The van der Waals surface area contributed by atoms with Crippen molar-refractivity contribution >= 4 is 5.97 Å². The van der Waals surface area contributed by atoms with E-state index in [1.165, 1.54) is 12.0 Å². The van der Waals surface area contributed by atoms with E-state index in [9.17, 15) is 4.79 Å². The summed E-state index contributed by atoms with van der Waals surface area (Å²) in [5.74, 6) is -0.871. The van der Waals surface area contributed by atoms with Crippen LogP contribution < -0.4 is 0 Å². The van der Waals surface area contributed by atoms with E-state index in [-0.39, 0.29) is 0 Å². The minimum atomic E-state index is -0.871. The van der Waals surface area contributed by atoms with Crippen molar-refractivity contribution in [2.45, 2.75) is 18.9 Å². The van der Waals surface area contributed by atoms with Crippen LogP contribution in [0, 0.1) is 0 Å². The molecule has 98 valence electrons. The number of nitrogens with zero attached hydrogens (tertiary/aromatic N) is 1. The Hall–Kier alpha value is -1.39. The lowest BCUT2D eigenvalue weighted by Crippen LogP contribution is -2.27. The molecule has 4 heteroatoms. The molecule has 0 radical (unpaired) electrons. The van der Waals surface area contributed by atoms with Gasteiger partial charge in [-0.3, -0.25) is 4.90 Å². The summed E-state index contributed by atoms with van der Waals surface area (Å²) in [4.78, 5) is 13.2. The minimum Gasteiger partial charge on any atom is -0.478 e. The molecule has 1 heterocycles. The number of likely N-dealkylation sites (tertiary alicyclic amines) is 1. The molecule has 0 spiro atoms. The van der Waals surface area contributed by atoms with Gasteiger partial charge in [0, 0.05) is 19.7 Å². The highest BCUT2D eigenvalue weighted by Crippen LogP contribution is 2.31. The fourth-order valence-electron chi connectivity index (χ4n) is 2.53. The molecule has 1 atom stereocenters. The molecule has 0 amide bonds. The first-order valence-corrected chi connectivity index (χ1v) is 6.28. The SMILES string of the molecule is COCCN1CCCC1c1ccc(C(=O)O)cc1. The summed E-state index contributed by atoms with van der Waals surface area (Å²) in [5.41, 5.74) is 1.55. The van der Waals surface area contributed by atoms with Gasteiger partial charge in [-0.25, -0.2) is 4.79 Å². The lowest BCUT2D eigenvalue weighted by Gasteiger charge is -2.24. The predicted octanol–water partition coefficient (Wildman–Crippen LogP) is 2.17. The van der Waals surface area contributed by atoms with Crippen molar-refractivity contribution in [3.63, 3.8) is 0 Å². The fraction of sp³-hybridized carbons (Fsp3) is 0.500.